The fourth-order valence-corrected chi connectivity index (χ4v) is 2.54. The summed E-state index contributed by atoms with van der Waals surface area (Å²) >= 11 is 6.01. The van der Waals surface area contributed by atoms with Gasteiger partial charge in [-0.1, -0.05) is 16.8 Å². The summed E-state index contributed by atoms with van der Waals surface area (Å²) in [4.78, 5) is 6.29. The van der Waals surface area contributed by atoms with Crippen LogP contribution in [0.3, 0.4) is 0 Å². The molecular weight excluding hydrogens is 304 g/mol. The number of hydrogen-bond donors (Lipinski definition) is 1. The molecule has 8 heteroatoms. The summed E-state index contributed by atoms with van der Waals surface area (Å²) < 4.78 is 1.74. The normalized spacial score (nSPS) is 16.2. The Labute approximate surface area is 132 Å². The number of aliphatic hydroxyl groups excluding tert-OH is 1. The van der Waals surface area contributed by atoms with Crippen molar-refractivity contribution in [3.8, 4) is 6.07 Å². The Hall–Kier alpha value is -2.17. The van der Waals surface area contributed by atoms with Crippen LogP contribution in [-0.4, -0.2) is 38.2 Å². The number of halogens is 1. The molecule has 7 nitrogen and oxygen atoms in total. The Morgan fingerprint density at radius 3 is 2.82 bits per heavy atom. The van der Waals surface area contributed by atoms with Gasteiger partial charge in [0, 0.05) is 19.3 Å². The van der Waals surface area contributed by atoms with Crippen LogP contribution in [-0.2, 0) is 0 Å². The van der Waals surface area contributed by atoms with Crippen molar-refractivity contribution < 1.29 is 5.11 Å². The van der Waals surface area contributed by atoms with Crippen LogP contribution in [0.5, 0.6) is 0 Å². The van der Waals surface area contributed by atoms with Crippen LogP contribution in [0.25, 0.3) is 0 Å². The van der Waals surface area contributed by atoms with E-state index in [2.05, 4.69) is 21.4 Å². The Morgan fingerprint density at radius 1 is 1.50 bits per heavy atom. The average molecular weight is 319 g/mol. The molecule has 1 saturated heterocycles. The molecule has 3 rings (SSSR count). The minimum absolute atomic E-state index is 0.157. The molecule has 0 spiro atoms. The molecule has 1 unspecified atom stereocenters. The third kappa shape index (κ3) is 2.40. The van der Waals surface area contributed by atoms with Gasteiger partial charge in [-0.05, 0) is 19.4 Å². The highest BCUT2D eigenvalue weighted by atomic mass is 35.5. The molecule has 1 atom stereocenters. The molecule has 1 aliphatic rings. The van der Waals surface area contributed by atoms with Crippen LogP contribution in [0.15, 0.2) is 12.4 Å². The summed E-state index contributed by atoms with van der Waals surface area (Å²) in [7, 11) is 0. The molecule has 1 aliphatic heterocycles. The standard InChI is InChI=1S/C14H15ClN6O/c1-8-11(3-16)14(17-4-12(8)15)20-5-10(6-20)21-7-13(9(2)22)18-19-21/h4,7,9-10,22H,5-6H2,1-2H3. The zero-order valence-corrected chi connectivity index (χ0v) is 13.0. The first-order valence-electron chi connectivity index (χ1n) is 6.91. The Bertz CT molecular complexity index is 744. The van der Waals surface area contributed by atoms with Crippen molar-refractivity contribution in [3.63, 3.8) is 0 Å². The fourth-order valence-electron chi connectivity index (χ4n) is 2.40. The van der Waals surface area contributed by atoms with E-state index in [0.717, 1.165) is 5.56 Å². The molecule has 3 heterocycles. The van der Waals surface area contributed by atoms with E-state index in [0.29, 0.717) is 35.2 Å². The molecule has 1 N–H and O–H groups in total. The van der Waals surface area contributed by atoms with Crippen molar-refractivity contribution in [2.24, 2.45) is 0 Å². The fraction of sp³-hybridized carbons (Fsp3) is 0.429. The first-order chi connectivity index (χ1) is 10.5. The number of nitriles is 1. The molecule has 0 bridgehead atoms. The molecule has 0 aliphatic carbocycles. The number of hydrogen-bond acceptors (Lipinski definition) is 6. The summed E-state index contributed by atoms with van der Waals surface area (Å²) in [5.41, 5.74) is 1.81. The summed E-state index contributed by atoms with van der Waals surface area (Å²) in [5.74, 6) is 0.650. The van der Waals surface area contributed by atoms with Crippen molar-refractivity contribution in [1.29, 1.82) is 5.26 Å². The highest BCUT2D eigenvalue weighted by Crippen LogP contribution is 2.32. The zero-order valence-electron chi connectivity index (χ0n) is 12.2. The molecule has 2 aromatic rings. The van der Waals surface area contributed by atoms with Crippen LogP contribution in [0.2, 0.25) is 5.02 Å². The monoisotopic (exact) mass is 318 g/mol. The topological polar surface area (TPSA) is 90.9 Å². The summed E-state index contributed by atoms with van der Waals surface area (Å²) in [5, 5.41) is 27.3. The maximum Gasteiger partial charge on any atom is 0.147 e. The van der Waals surface area contributed by atoms with Crippen LogP contribution in [0.4, 0.5) is 5.82 Å². The molecule has 0 radical (unpaired) electrons. The highest BCUT2D eigenvalue weighted by Gasteiger charge is 2.32. The molecule has 1 fully saturated rings. The maximum absolute atomic E-state index is 9.48. The number of anilines is 1. The lowest BCUT2D eigenvalue weighted by Gasteiger charge is -2.40. The third-order valence-corrected chi connectivity index (χ3v) is 4.24. The smallest absolute Gasteiger partial charge is 0.147 e. The predicted octanol–water partition coefficient (Wildman–Crippen LogP) is 1.62. The minimum atomic E-state index is -0.629. The molecule has 22 heavy (non-hydrogen) atoms. The minimum Gasteiger partial charge on any atom is -0.387 e. The van der Waals surface area contributed by atoms with Gasteiger partial charge in [0.2, 0.25) is 0 Å². The lowest BCUT2D eigenvalue weighted by atomic mass is 10.1. The number of nitrogens with zero attached hydrogens (tertiary/aromatic N) is 6. The molecule has 114 valence electrons. The SMILES string of the molecule is Cc1c(Cl)cnc(N2CC(n3cc(C(C)O)nn3)C2)c1C#N. The van der Waals surface area contributed by atoms with E-state index in [1.807, 2.05) is 11.8 Å². The second-order valence-electron chi connectivity index (χ2n) is 5.40. The second-order valence-corrected chi connectivity index (χ2v) is 5.81. The zero-order chi connectivity index (χ0) is 15.9. The first-order valence-corrected chi connectivity index (χ1v) is 7.29. The number of aromatic nitrogens is 4. The van der Waals surface area contributed by atoms with E-state index < -0.39 is 6.10 Å². The Balaban J connectivity index is 1.76. The van der Waals surface area contributed by atoms with Crippen LogP contribution < -0.4 is 4.90 Å². The average Bonchev–Trinajstić information content (AvgIpc) is 2.91. The van der Waals surface area contributed by atoms with E-state index >= 15 is 0 Å². The van der Waals surface area contributed by atoms with Gasteiger partial charge in [0.25, 0.3) is 0 Å². The molecule has 0 amide bonds. The van der Waals surface area contributed by atoms with Gasteiger partial charge in [-0.2, -0.15) is 5.26 Å². The summed E-state index contributed by atoms with van der Waals surface area (Å²) in [6.07, 6.45) is 2.69. The molecule has 0 aromatic carbocycles. The first kappa shape index (κ1) is 14.8. The van der Waals surface area contributed by atoms with Gasteiger partial charge in [-0.15, -0.1) is 5.10 Å². The number of rotatable bonds is 3. The molecular formula is C14H15ClN6O. The lowest BCUT2D eigenvalue weighted by molar-refractivity contribution is 0.194. The van der Waals surface area contributed by atoms with Gasteiger partial charge in [-0.3, -0.25) is 0 Å². The Kier molecular flexibility index (Phi) is 3.72. The summed E-state index contributed by atoms with van der Waals surface area (Å²) in [6.45, 7) is 4.84. The van der Waals surface area contributed by atoms with E-state index in [4.69, 9.17) is 11.6 Å². The molecule has 2 aromatic heterocycles. The third-order valence-electron chi connectivity index (χ3n) is 3.86. The van der Waals surface area contributed by atoms with Gasteiger partial charge in [0.1, 0.15) is 17.6 Å². The van der Waals surface area contributed by atoms with Crippen LogP contribution >= 0.6 is 11.6 Å². The molecule has 0 saturated carbocycles. The highest BCUT2D eigenvalue weighted by molar-refractivity contribution is 6.31. The second kappa shape index (κ2) is 5.55. The van der Waals surface area contributed by atoms with Crippen molar-refractivity contribution in [3.05, 3.63) is 34.2 Å². The van der Waals surface area contributed by atoms with E-state index in [9.17, 15) is 10.4 Å². The van der Waals surface area contributed by atoms with Gasteiger partial charge in [0.15, 0.2) is 0 Å². The van der Waals surface area contributed by atoms with Crippen molar-refractivity contribution in [2.75, 3.05) is 18.0 Å². The quantitative estimate of drug-likeness (QED) is 0.924. The van der Waals surface area contributed by atoms with Crippen molar-refractivity contribution >= 4 is 17.4 Å². The summed E-state index contributed by atoms with van der Waals surface area (Å²) in [6, 6.07) is 2.33. The predicted molar refractivity (Wildman–Crippen MR) is 80.6 cm³/mol. The number of aliphatic hydroxyl groups is 1. The lowest BCUT2D eigenvalue weighted by Crippen LogP contribution is -2.48. The Morgan fingerprint density at radius 2 is 2.23 bits per heavy atom. The maximum atomic E-state index is 9.48. The van der Waals surface area contributed by atoms with Crippen LogP contribution in [0, 0.1) is 18.3 Å². The van der Waals surface area contributed by atoms with Crippen molar-refractivity contribution in [1.82, 2.24) is 20.0 Å². The van der Waals surface area contributed by atoms with E-state index in [1.54, 1.807) is 24.0 Å². The van der Waals surface area contributed by atoms with Crippen molar-refractivity contribution in [2.45, 2.75) is 26.0 Å². The number of pyridine rings is 1. The van der Waals surface area contributed by atoms with Gasteiger partial charge < -0.3 is 10.0 Å². The van der Waals surface area contributed by atoms with Gasteiger partial charge >= 0.3 is 0 Å². The van der Waals surface area contributed by atoms with E-state index in [-0.39, 0.29) is 6.04 Å². The van der Waals surface area contributed by atoms with Crippen LogP contribution in [0.1, 0.15) is 35.9 Å². The van der Waals surface area contributed by atoms with E-state index in [1.165, 1.54) is 0 Å². The van der Waals surface area contributed by atoms with Gasteiger partial charge in [0.05, 0.1) is 28.9 Å². The largest absolute Gasteiger partial charge is 0.387 e. The van der Waals surface area contributed by atoms with Gasteiger partial charge in [-0.25, -0.2) is 9.67 Å².